The summed E-state index contributed by atoms with van der Waals surface area (Å²) < 4.78 is 56.2. The Morgan fingerprint density at radius 1 is 0.426 bits per heavy atom. The second-order valence-corrected chi connectivity index (χ2v) is 15.1. The molecule has 0 aromatic rings. The molecular weight excluding hydrogens is 838 g/mol. The Balaban J connectivity index is 1.35. The summed E-state index contributed by atoms with van der Waals surface area (Å²) in [6.45, 7) is -1.78. The maximum atomic E-state index is 12.5. The fourth-order valence-electron chi connectivity index (χ4n) is 7.72. The Labute approximate surface area is 347 Å². The van der Waals surface area contributed by atoms with Gasteiger partial charge in [-0.1, -0.05) is 0 Å². The molecule has 0 radical (unpaired) electrons. The number of hydrogen-bond donors (Lipinski definition) is 16. The van der Waals surface area contributed by atoms with Gasteiger partial charge in [-0.05, 0) is 6.92 Å². The first kappa shape index (κ1) is 50.5. The molecule has 0 spiro atoms. The van der Waals surface area contributed by atoms with Gasteiger partial charge in [0.15, 0.2) is 31.5 Å². The van der Waals surface area contributed by atoms with Gasteiger partial charge in [-0.2, -0.15) is 0 Å². The lowest BCUT2D eigenvalue weighted by Gasteiger charge is -2.50. The number of amides is 1. The highest BCUT2D eigenvalue weighted by Crippen LogP contribution is 2.36. The van der Waals surface area contributed by atoms with E-state index in [4.69, 9.17) is 47.4 Å². The maximum absolute atomic E-state index is 12.5. The van der Waals surface area contributed by atoms with Crippen molar-refractivity contribution in [1.29, 1.82) is 0 Å². The second kappa shape index (κ2) is 22.1. The number of aliphatic hydroxyl groups excluding tert-OH is 15. The van der Waals surface area contributed by atoms with Gasteiger partial charge in [0.2, 0.25) is 5.91 Å². The van der Waals surface area contributed by atoms with Crippen LogP contribution in [0.5, 0.6) is 0 Å². The van der Waals surface area contributed by atoms with Crippen LogP contribution in [0.2, 0.25) is 0 Å². The first-order valence-electron chi connectivity index (χ1n) is 19.6. The van der Waals surface area contributed by atoms with Crippen molar-refractivity contribution in [3.63, 3.8) is 0 Å². The zero-order valence-corrected chi connectivity index (χ0v) is 32.9. The van der Waals surface area contributed by atoms with E-state index in [0.717, 1.165) is 6.92 Å². The molecule has 27 heteroatoms. The van der Waals surface area contributed by atoms with E-state index in [-0.39, 0.29) is 6.61 Å². The van der Waals surface area contributed by atoms with Gasteiger partial charge in [-0.25, -0.2) is 0 Å². The van der Waals surface area contributed by atoms with Crippen molar-refractivity contribution in [1.82, 2.24) is 5.32 Å². The molecule has 27 nitrogen and oxygen atoms in total. The van der Waals surface area contributed by atoms with E-state index in [1.54, 1.807) is 6.92 Å². The third kappa shape index (κ3) is 10.8. The van der Waals surface area contributed by atoms with Crippen LogP contribution in [-0.4, -0.2) is 276 Å². The van der Waals surface area contributed by atoms with Crippen molar-refractivity contribution in [3.8, 4) is 0 Å². The third-order valence-electron chi connectivity index (χ3n) is 11.0. The molecule has 25 atom stereocenters. The maximum Gasteiger partial charge on any atom is 0.217 e. The van der Waals surface area contributed by atoms with E-state index in [1.807, 2.05) is 0 Å². The Bertz CT molecular complexity index is 1350. The van der Waals surface area contributed by atoms with E-state index in [0.29, 0.717) is 0 Å². The molecule has 0 saturated carbocycles. The van der Waals surface area contributed by atoms with Gasteiger partial charge in [0.25, 0.3) is 0 Å². The fraction of sp³-hybridized carbons (Fsp3) is 0.971. The van der Waals surface area contributed by atoms with E-state index in [9.17, 15) is 81.4 Å². The van der Waals surface area contributed by atoms with Crippen molar-refractivity contribution in [2.75, 3.05) is 39.6 Å². The summed E-state index contributed by atoms with van der Waals surface area (Å²) in [4.78, 5) is 12.5. The first-order valence-corrected chi connectivity index (χ1v) is 19.6. The van der Waals surface area contributed by atoms with E-state index in [1.165, 1.54) is 0 Å². The lowest BCUT2D eigenvalue weighted by Crippen LogP contribution is -2.70. The molecule has 5 saturated heterocycles. The van der Waals surface area contributed by atoms with Crippen LogP contribution in [0, 0.1) is 0 Å². The summed E-state index contributed by atoms with van der Waals surface area (Å²) in [6, 6.07) is -1.67. The molecule has 16 N–H and O–H groups in total. The van der Waals surface area contributed by atoms with Crippen LogP contribution in [0.1, 0.15) is 13.8 Å². The Morgan fingerprint density at radius 3 is 1.26 bits per heavy atom. The van der Waals surface area contributed by atoms with Crippen LogP contribution in [0.4, 0.5) is 0 Å². The molecule has 5 fully saturated rings. The van der Waals surface area contributed by atoms with Crippen LogP contribution < -0.4 is 5.32 Å². The van der Waals surface area contributed by atoms with Crippen molar-refractivity contribution >= 4 is 5.91 Å². The topological polar surface area (TPSA) is 425 Å². The summed E-state index contributed by atoms with van der Waals surface area (Å²) in [5, 5.41) is 161. The minimum absolute atomic E-state index is 0.0723. The fourth-order valence-corrected chi connectivity index (χ4v) is 7.72. The third-order valence-corrected chi connectivity index (χ3v) is 11.0. The average Bonchev–Trinajstić information content (AvgIpc) is 3.24. The largest absolute Gasteiger partial charge is 0.394 e. The highest BCUT2D eigenvalue weighted by atomic mass is 16.8. The molecule has 356 valence electrons. The predicted molar refractivity (Wildman–Crippen MR) is 188 cm³/mol. The SMILES string of the molecule is CCO[C@@H]1OC(CO)[C@@H](O[C@@H]2OC(CO)[C@H](O[C@H]3OC(CO)[C@H](O)[C@H](O[C@@H]4OC(CO)[C@H](O)[C@H](O[C@@H]5OC(CO)[C@H](O)[C@H](O)C5O)C4NC(C)=O)C3O)[C@H](O)C2O)[C@H](O)C1O. The summed E-state index contributed by atoms with van der Waals surface area (Å²) in [6.07, 6.45) is -43.0. The minimum Gasteiger partial charge on any atom is -0.394 e. The summed E-state index contributed by atoms with van der Waals surface area (Å²) in [7, 11) is 0. The van der Waals surface area contributed by atoms with Crippen molar-refractivity contribution in [3.05, 3.63) is 0 Å². The van der Waals surface area contributed by atoms with Crippen LogP contribution in [0.25, 0.3) is 0 Å². The number of carbonyl (C=O) groups excluding carboxylic acids is 1. The number of ether oxygens (including phenoxy) is 10. The summed E-state index contributed by atoms with van der Waals surface area (Å²) in [5.74, 6) is -0.799. The Morgan fingerprint density at radius 2 is 0.787 bits per heavy atom. The molecule has 0 aromatic heterocycles. The normalized spacial score (nSPS) is 49.7. The molecule has 5 heterocycles. The lowest BCUT2D eigenvalue weighted by atomic mass is 9.94. The highest BCUT2D eigenvalue weighted by Gasteiger charge is 2.57. The Kier molecular flexibility index (Phi) is 18.3. The van der Waals surface area contributed by atoms with Crippen LogP contribution in [0.15, 0.2) is 0 Å². The standard InChI is InChI=1S/C34H59NO26/c1-3-52-31-23(49)20(46)26(13(7-39)56-31)58-33-24(50)21(47)27(14(8-40)57-33)59-34-25(51)29(18(44)12(6-38)55-34)61-30-15(35-9(2)41)28(17(43)11(5-37)53-30)60-32-22(48)19(45)16(42)10(4-36)54-32/h10-34,36-40,42-51H,3-8H2,1-2H3,(H,35,41)/t10?,11?,12?,13?,14?,15?,16-,17-,18-,19-,20+,21+,22?,23?,24?,25?,26+,27-,28+,29-,30-,31+,32-,33-,34+/m0/s1. The Hall–Kier alpha value is -1.53. The average molecular weight is 898 g/mol. The van der Waals surface area contributed by atoms with Gasteiger partial charge in [0, 0.05) is 13.5 Å². The molecular formula is C34H59NO26. The lowest BCUT2D eigenvalue weighted by molar-refractivity contribution is -0.389. The van der Waals surface area contributed by atoms with Gasteiger partial charge >= 0.3 is 0 Å². The van der Waals surface area contributed by atoms with Gasteiger partial charge in [0.05, 0.1) is 33.0 Å². The summed E-state index contributed by atoms with van der Waals surface area (Å²) in [5.41, 5.74) is 0. The van der Waals surface area contributed by atoms with Crippen LogP contribution in [0.3, 0.4) is 0 Å². The van der Waals surface area contributed by atoms with Crippen molar-refractivity contribution in [2.24, 2.45) is 0 Å². The predicted octanol–water partition coefficient (Wildman–Crippen LogP) is -10.7. The van der Waals surface area contributed by atoms with Crippen molar-refractivity contribution < 1.29 is 129 Å². The zero-order chi connectivity index (χ0) is 45.0. The smallest absolute Gasteiger partial charge is 0.217 e. The molecule has 0 aliphatic carbocycles. The molecule has 61 heavy (non-hydrogen) atoms. The molecule has 5 aliphatic heterocycles. The highest BCUT2D eigenvalue weighted by molar-refractivity contribution is 5.73. The molecule has 10 unspecified atom stereocenters. The zero-order valence-electron chi connectivity index (χ0n) is 32.9. The number of nitrogens with one attached hydrogen (secondary N) is 1. The molecule has 0 bridgehead atoms. The number of hydrogen-bond acceptors (Lipinski definition) is 26. The van der Waals surface area contributed by atoms with Gasteiger partial charge in [0.1, 0.15) is 122 Å². The minimum atomic E-state index is -2.14. The van der Waals surface area contributed by atoms with E-state index in [2.05, 4.69) is 5.32 Å². The van der Waals surface area contributed by atoms with E-state index < -0.39 is 192 Å². The van der Waals surface area contributed by atoms with E-state index >= 15 is 0 Å². The van der Waals surface area contributed by atoms with Gasteiger partial charge in [-0.15, -0.1) is 0 Å². The molecule has 5 aliphatic rings. The molecule has 0 aromatic carbocycles. The summed E-state index contributed by atoms with van der Waals surface area (Å²) >= 11 is 0. The first-order chi connectivity index (χ1) is 29.0. The molecule has 5 rings (SSSR count). The van der Waals surface area contributed by atoms with Crippen LogP contribution >= 0.6 is 0 Å². The monoisotopic (exact) mass is 897 g/mol. The number of rotatable bonds is 16. The molecule has 1 amide bonds. The second-order valence-electron chi connectivity index (χ2n) is 15.1. The van der Waals surface area contributed by atoms with Gasteiger partial charge < -0.3 is 129 Å². The number of aliphatic hydroxyl groups is 15. The van der Waals surface area contributed by atoms with Crippen LogP contribution in [-0.2, 0) is 52.2 Å². The van der Waals surface area contributed by atoms with Gasteiger partial charge in [-0.3, -0.25) is 4.79 Å². The number of carbonyl (C=O) groups is 1. The van der Waals surface area contributed by atoms with Crippen molar-refractivity contribution in [2.45, 2.75) is 167 Å². The quantitative estimate of drug-likeness (QED) is 0.0684.